The third kappa shape index (κ3) is 1.12. The molecule has 4 heteroatoms. The number of aromatic nitrogens is 2. The highest BCUT2D eigenvalue weighted by atomic mass is 16.1. The molecule has 1 aromatic heterocycles. The number of aliphatic imine (C=N–C) groups is 1. The smallest absolute Gasteiger partial charge is 0.267 e. The summed E-state index contributed by atoms with van der Waals surface area (Å²) in [5.74, 6) is 0.489. The molecule has 0 N–H and O–H groups in total. The highest BCUT2D eigenvalue weighted by molar-refractivity contribution is 5.90. The van der Waals surface area contributed by atoms with E-state index in [1.165, 1.54) is 4.68 Å². The molecule has 0 bridgehead atoms. The monoisotopic (exact) mass is 187 g/mol. The first-order valence-electron chi connectivity index (χ1n) is 4.17. The number of benzene rings is 1. The van der Waals surface area contributed by atoms with Crippen LogP contribution >= 0.6 is 0 Å². The number of rotatable bonds is 1. The summed E-state index contributed by atoms with van der Waals surface area (Å²) >= 11 is 0. The zero-order chi connectivity index (χ0) is 10.1. The molecule has 0 aliphatic carbocycles. The van der Waals surface area contributed by atoms with E-state index < -0.39 is 0 Å². The molecule has 0 radical (unpaired) electrons. The van der Waals surface area contributed by atoms with Crippen molar-refractivity contribution in [3.05, 3.63) is 34.6 Å². The maximum Gasteiger partial charge on any atom is 0.274 e. The number of hydrogen-bond acceptors (Lipinski definition) is 3. The second-order valence-electron chi connectivity index (χ2n) is 2.96. The van der Waals surface area contributed by atoms with Crippen LogP contribution in [0, 0.1) is 0 Å². The standard InChI is InChI=1S/C10H9N3O/c1-11-9-7-5-3-4-6-8(7)10(14)13(2)12-9/h3-6H,1H2,2H3. The van der Waals surface area contributed by atoms with Crippen molar-refractivity contribution in [2.24, 2.45) is 12.0 Å². The van der Waals surface area contributed by atoms with Crippen LogP contribution in [0.4, 0.5) is 5.82 Å². The van der Waals surface area contributed by atoms with Gasteiger partial charge in [-0.05, 0) is 12.8 Å². The van der Waals surface area contributed by atoms with Crippen LogP contribution in [0.3, 0.4) is 0 Å². The van der Waals surface area contributed by atoms with E-state index in [1.54, 1.807) is 13.1 Å². The predicted molar refractivity (Wildman–Crippen MR) is 56.2 cm³/mol. The lowest BCUT2D eigenvalue weighted by Crippen LogP contribution is -2.19. The quantitative estimate of drug-likeness (QED) is 0.631. The second-order valence-corrected chi connectivity index (χ2v) is 2.96. The van der Waals surface area contributed by atoms with Crippen LogP contribution in [0.1, 0.15) is 0 Å². The SMILES string of the molecule is C=Nc1nn(C)c(=O)c2ccccc12. The zero-order valence-corrected chi connectivity index (χ0v) is 7.77. The van der Waals surface area contributed by atoms with E-state index >= 15 is 0 Å². The third-order valence-corrected chi connectivity index (χ3v) is 2.09. The minimum Gasteiger partial charge on any atom is -0.267 e. The lowest BCUT2D eigenvalue weighted by atomic mass is 10.2. The summed E-state index contributed by atoms with van der Waals surface area (Å²) in [6, 6.07) is 7.23. The van der Waals surface area contributed by atoms with Crippen LogP contribution in [0.2, 0.25) is 0 Å². The molecular formula is C10H9N3O. The highest BCUT2D eigenvalue weighted by Crippen LogP contribution is 2.18. The highest BCUT2D eigenvalue weighted by Gasteiger charge is 2.05. The zero-order valence-electron chi connectivity index (χ0n) is 7.77. The molecule has 14 heavy (non-hydrogen) atoms. The Hall–Kier alpha value is -1.97. The van der Waals surface area contributed by atoms with E-state index in [9.17, 15) is 4.79 Å². The average molecular weight is 187 g/mol. The van der Waals surface area contributed by atoms with Gasteiger partial charge in [-0.1, -0.05) is 18.2 Å². The summed E-state index contributed by atoms with van der Waals surface area (Å²) < 4.78 is 1.27. The fourth-order valence-electron chi connectivity index (χ4n) is 1.40. The number of nitrogens with zero attached hydrogens (tertiary/aromatic N) is 3. The molecule has 0 fully saturated rings. The number of fused-ring (bicyclic) bond motifs is 1. The van der Waals surface area contributed by atoms with Crippen LogP contribution in [0.15, 0.2) is 34.1 Å². The topological polar surface area (TPSA) is 47.2 Å². The van der Waals surface area contributed by atoms with Gasteiger partial charge in [-0.3, -0.25) is 4.79 Å². The summed E-state index contributed by atoms with van der Waals surface area (Å²) in [6.07, 6.45) is 0. The molecule has 1 heterocycles. The number of aryl methyl sites for hydroxylation is 1. The third-order valence-electron chi connectivity index (χ3n) is 2.09. The first kappa shape index (κ1) is 8.62. The van der Waals surface area contributed by atoms with Gasteiger partial charge in [0.15, 0.2) is 5.82 Å². The summed E-state index contributed by atoms with van der Waals surface area (Å²) in [5.41, 5.74) is -0.118. The van der Waals surface area contributed by atoms with Gasteiger partial charge in [0.1, 0.15) is 0 Å². The Labute approximate surface area is 80.5 Å². The van der Waals surface area contributed by atoms with Gasteiger partial charge < -0.3 is 0 Å². The largest absolute Gasteiger partial charge is 0.274 e. The van der Waals surface area contributed by atoms with Crippen molar-refractivity contribution in [1.29, 1.82) is 0 Å². The van der Waals surface area contributed by atoms with Crippen LogP contribution in [0.25, 0.3) is 10.8 Å². The van der Waals surface area contributed by atoms with Crippen LogP contribution in [0.5, 0.6) is 0 Å². The first-order chi connectivity index (χ1) is 6.74. The Morgan fingerprint density at radius 2 is 2.00 bits per heavy atom. The van der Waals surface area contributed by atoms with Crippen molar-refractivity contribution < 1.29 is 0 Å². The molecule has 0 saturated heterocycles. The molecule has 2 aromatic rings. The van der Waals surface area contributed by atoms with Gasteiger partial charge in [0, 0.05) is 12.4 Å². The molecule has 0 saturated carbocycles. The molecular weight excluding hydrogens is 178 g/mol. The van der Waals surface area contributed by atoms with E-state index in [0.29, 0.717) is 11.2 Å². The molecule has 2 rings (SSSR count). The van der Waals surface area contributed by atoms with Crippen LogP contribution < -0.4 is 5.56 Å². The van der Waals surface area contributed by atoms with E-state index in [4.69, 9.17) is 0 Å². The Morgan fingerprint density at radius 1 is 1.36 bits per heavy atom. The van der Waals surface area contributed by atoms with E-state index in [0.717, 1.165) is 5.39 Å². The minimum absolute atomic E-state index is 0.118. The molecule has 0 spiro atoms. The van der Waals surface area contributed by atoms with Gasteiger partial charge in [0.05, 0.1) is 5.39 Å². The van der Waals surface area contributed by atoms with Gasteiger partial charge in [0.2, 0.25) is 0 Å². The fraction of sp³-hybridized carbons (Fsp3) is 0.100. The van der Waals surface area contributed by atoms with Crippen molar-refractivity contribution in [1.82, 2.24) is 9.78 Å². The van der Waals surface area contributed by atoms with Crippen molar-refractivity contribution >= 4 is 23.3 Å². The molecule has 1 aromatic carbocycles. The molecule has 70 valence electrons. The van der Waals surface area contributed by atoms with Crippen molar-refractivity contribution in [3.63, 3.8) is 0 Å². The van der Waals surface area contributed by atoms with E-state index in [1.807, 2.05) is 18.2 Å². The van der Waals surface area contributed by atoms with E-state index in [-0.39, 0.29) is 5.56 Å². The molecule has 0 amide bonds. The summed E-state index contributed by atoms with van der Waals surface area (Å²) in [6.45, 7) is 3.42. The van der Waals surface area contributed by atoms with Crippen molar-refractivity contribution in [2.75, 3.05) is 0 Å². The van der Waals surface area contributed by atoms with Crippen molar-refractivity contribution in [3.8, 4) is 0 Å². The molecule has 0 aliphatic heterocycles. The number of hydrogen-bond donors (Lipinski definition) is 0. The lowest BCUT2D eigenvalue weighted by molar-refractivity contribution is 0.720. The molecule has 4 nitrogen and oxygen atoms in total. The second kappa shape index (κ2) is 3.06. The molecule has 0 unspecified atom stereocenters. The van der Waals surface area contributed by atoms with Gasteiger partial charge in [0.25, 0.3) is 5.56 Å². The first-order valence-corrected chi connectivity index (χ1v) is 4.17. The fourth-order valence-corrected chi connectivity index (χ4v) is 1.40. The van der Waals surface area contributed by atoms with Crippen molar-refractivity contribution in [2.45, 2.75) is 0 Å². The lowest BCUT2D eigenvalue weighted by Gasteiger charge is -2.02. The Bertz CT molecular complexity index is 557. The van der Waals surface area contributed by atoms with Crippen LogP contribution in [-0.2, 0) is 7.05 Å². The molecule has 0 atom stereocenters. The Morgan fingerprint density at radius 3 is 2.64 bits per heavy atom. The maximum absolute atomic E-state index is 11.6. The minimum atomic E-state index is -0.118. The Balaban J connectivity index is 3.04. The Kier molecular flexibility index (Phi) is 1.89. The summed E-state index contributed by atoms with van der Waals surface area (Å²) in [7, 11) is 1.60. The molecule has 0 aliphatic rings. The van der Waals surface area contributed by atoms with Gasteiger partial charge in [-0.2, -0.15) is 0 Å². The summed E-state index contributed by atoms with van der Waals surface area (Å²) in [5, 5.41) is 5.35. The summed E-state index contributed by atoms with van der Waals surface area (Å²) in [4.78, 5) is 15.4. The maximum atomic E-state index is 11.6. The van der Waals surface area contributed by atoms with Gasteiger partial charge in [-0.25, -0.2) is 9.67 Å². The van der Waals surface area contributed by atoms with Gasteiger partial charge >= 0.3 is 0 Å². The van der Waals surface area contributed by atoms with Gasteiger partial charge in [-0.15, -0.1) is 5.10 Å². The van der Waals surface area contributed by atoms with E-state index in [2.05, 4.69) is 16.8 Å². The predicted octanol–water partition coefficient (Wildman–Crippen LogP) is 1.27. The normalized spacial score (nSPS) is 10.4. The van der Waals surface area contributed by atoms with Crippen LogP contribution in [-0.4, -0.2) is 16.5 Å². The average Bonchev–Trinajstić information content (AvgIpc) is 2.23.